The van der Waals surface area contributed by atoms with Crippen LogP contribution >= 0.6 is 0 Å². The number of carbonyl (C=O) groups excluding carboxylic acids is 13. The van der Waals surface area contributed by atoms with Gasteiger partial charge in [-0.1, -0.05) is 26.7 Å². The lowest BCUT2D eigenvalue weighted by molar-refractivity contribution is -0.132. The largest absolute Gasteiger partial charge is 0.409 e. The summed E-state index contributed by atoms with van der Waals surface area (Å²) in [6.45, 7) is 4.53. The number of rotatable bonds is 41. The van der Waals surface area contributed by atoms with E-state index >= 15 is 0 Å². The first-order valence-corrected chi connectivity index (χ1v) is 24.7. The molecular weight excluding hydrogens is 962 g/mol. The number of unbranched alkanes of at least 4 members (excludes halogenated alkanes) is 4. The topological polar surface area (TPSA) is 383 Å². The van der Waals surface area contributed by atoms with Crippen LogP contribution in [-0.2, 0) is 62.3 Å². The highest BCUT2D eigenvalue weighted by molar-refractivity contribution is 6.16. The number of primary amides is 1. The van der Waals surface area contributed by atoms with Crippen molar-refractivity contribution < 1.29 is 62.3 Å². The fourth-order valence-electron chi connectivity index (χ4n) is 6.52. The van der Waals surface area contributed by atoms with Crippen LogP contribution in [0.15, 0.2) is 0 Å². The first-order chi connectivity index (χ1) is 35.2. The van der Waals surface area contributed by atoms with Crippen LogP contribution < -0.4 is 63.9 Å². The molecule has 13 N–H and O–H groups in total. The van der Waals surface area contributed by atoms with E-state index in [9.17, 15) is 62.3 Å². The Morgan fingerprint density at radius 2 is 0.743 bits per heavy atom. The normalized spacial score (nSPS) is 11.6. The van der Waals surface area contributed by atoms with Crippen LogP contribution in [0.3, 0.4) is 0 Å². The lowest BCUT2D eigenvalue weighted by atomic mass is 10.1. The molecule has 0 aliphatic carbocycles. The zero-order chi connectivity index (χ0) is 56.3. The van der Waals surface area contributed by atoms with Gasteiger partial charge in [0.15, 0.2) is 0 Å². The van der Waals surface area contributed by atoms with Crippen molar-refractivity contribution in [2.75, 3.05) is 45.8 Å². The number of nitrogens with two attached hydrogens (primary N) is 1. The van der Waals surface area contributed by atoms with Gasteiger partial charge in [0, 0.05) is 71.1 Å². The summed E-state index contributed by atoms with van der Waals surface area (Å²) in [4.78, 5) is 162. The van der Waals surface area contributed by atoms with Gasteiger partial charge in [-0.15, -0.1) is 0 Å². The summed E-state index contributed by atoms with van der Waals surface area (Å²) in [5, 5.41) is 25.7. The van der Waals surface area contributed by atoms with E-state index in [1.54, 1.807) is 0 Å². The zero-order valence-corrected chi connectivity index (χ0v) is 43.1. The molecule has 3 unspecified atom stereocenters. The van der Waals surface area contributed by atoms with Crippen LogP contribution in [0.25, 0.3) is 0 Å². The predicted octanol–water partition coefficient (Wildman–Crippen LogP) is -4.87. The summed E-state index contributed by atoms with van der Waals surface area (Å²) < 4.78 is 0. The molecule has 3 atom stereocenters. The van der Waals surface area contributed by atoms with Crippen LogP contribution in [0.4, 0.5) is 0 Å². The number of ketones is 1. The van der Waals surface area contributed by atoms with Crippen LogP contribution in [-0.4, -0.2) is 177 Å². The van der Waals surface area contributed by atoms with E-state index < -0.39 is 109 Å². The number of amides is 12. The maximum Gasteiger partial charge on any atom is 0.242 e. The van der Waals surface area contributed by atoms with E-state index in [0.29, 0.717) is 44.9 Å². The standard InChI is InChI=1S/C42H69B4N13O13.C2H6/c1-27(60)10-4-2-6-20-49-37(67)24-59(25-38(68)50-21-7-3-5-11-31(47)61)26-39(69)54-28(40(70)51-23-9-13-34(64)53-30(42(72)58-46)16-19-36(66)56-44)14-17-32(62)48-22-8-12-33(63)52-29(41(71)57-45)15-18-35(65)55-43;1-2/h28-30H,2-26H2,1H3,(H2,47,61)(H,48,62)(H,49,67)(H,50,68)(H,51,70)(H,52,63)(H,53,64)(H,54,69)(H,55,65)(H,56,66)(H,57,71)(H,58,72);1-2H3. The Hall–Kier alpha value is -6.47. The number of Topliss-reactive ketones (excluding diaryl/α,β-unsaturated/α-hetero) is 1. The molecule has 0 aromatic carbocycles. The van der Waals surface area contributed by atoms with E-state index in [1.165, 1.54) is 11.8 Å². The van der Waals surface area contributed by atoms with Crippen molar-refractivity contribution in [3.63, 3.8) is 0 Å². The second-order valence-corrected chi connectivity index (χ2v) is 16.6. The van der Waals surface area contributed by atoms with E-state index in [-0.39, 0.29) is 103 Å². The quantitative estimate of drug-likeness (QED) is 0.0202. The average molecular weight is 1040 g/mol. The van der Waals surface area contributed by atoms with Gasteiger partial charge in [0.1, 0.15) is 23.9 Å². The Balaban J connectivity index is 0. The van der Waals surface area contributed by atoms with Crippen molar-refractivity contribution in [3.8, 4) is 0 Å². The molecule has 30 heteroatoms. The Bertz CT molecular complexity index is 1780. The minimum atomic E-state index is -1.36. The third-order valence-electron chi connectivity index (χ3n) is 10.4. The molecule has 0 bridgehead atoms. The molecule has 26 nitrogen and oxygen atoms in total. The van der Waals surface area contributed by atoms with Gasteiger partial charge in [0.05, 0.1) is 19.6 Å². The first-order valence-electron chi connectivity index (χ1n) is 24.7. The van der Waals surface area contributed by atoms with Gasteiger partial charge in [0.25, 0.3) is 0 Å². The summed E-state index contributed by atoms with van der Waals surface area (Å²) in [5.41, 5.74) is 5.17. The van der Waals surface area contributed by atoms with E-state index in [0.717, 1.165) is 0 Å². The number of hydrogen-bond donors (Lipinski definition) is 12. The average Bonchev–Trinajstić information content (AvgIpc) is 3.36. The highest BCUT2D eigenvalue weighted by Gasteiger charge is 2.26. The minimum absolute atomic E-state index is 0.0141. The lowest BCUT2D eigenvalue weighted by Crippen LogP contribution is -2.52. The number of nitrogens with one attached hydrogen (secondary N) is 11. The third-order valence-corrected chi connectivity index (χ3v) is 10.4. The zero-order valence-electron chi connectivity index (χ0n) is 43.1. The molecule has 0 aliphatic rings. The number of nitrogens with zero attached hydrogens (tertiary/aromatic N) is 1. The van der Waals surface area contributed by atoms with Gasteiger partial charge < -0.3 is 68.7 Å². The van der Waals surface area contributed by atoms with Gasteiger partial charge >= 0.3 is 0 Å². The molecule has 0 saturated heterocycles. The molecular formula is C44H75B4N13O13. The van der Waals surface area contributed by atoms with Crippen molar-refractivity contribution in [2.45, 2.75) is 154 Å². The van der Waals surface area contributed by atoms with E-state index in [4.69, 9.17) is 37.7 Å². The number of carbonyl (C=O) groups is 13. The van der Waals surface area contributed by atoms with Crippen LogP contribution in [0, 0.1) is 0 Å². The van der Waals surface area contributed by atoms with Crippen molar-refractivity contribution in [1.82, 2.24) is 63.0 Å². The van der Waals surface area contributed by atoms with Gasteiger partial charge in [-0.05, 0) is 64.7 Å². The minimum Gasteiger partial charge on any atom is -0.409 e. The molecule has 0 fully saturated rings. The van der Waals surface area contributed by atoms with Gasteiger partial charge in [-0.2, -0.15) is 0 Å². The summed E-state index contributed by atoms with van der Waals surface area (Å²) in [6, 6.07) is -3.67. The van der Waals surface area contributed by atoms with Crippen molar-refractivity contribution in [3.05, 3.63) is 0 Å². The highest BCUT2D eigenvalue weighted by atomic mass is 16.2. The fourth-order valence-corrected chi connectivity index (χ4v) is 6.52. The monoisotopic (exact) mass is 1040 g/mol. The molecule has 406 valence electrons. The molecule has 0 aliphatic heterocycles. The molecule has 0 rings (SSSR count). The van der Waals surface area contributed by atoms with E-state index in [2.05, 4.69) is 37.2 Å². The molecule has 0 aromatic heterocycles. The third kappa shape index (κ3) is 38.2. The summed E-state index contributed by atoms with van der Waals surface area (Å²) >= 11 is 0. The Labute approximate surface area is 438 Å². The molecule has 12 amide bonds. The molecule has 0 spiro atoms. The van der Waals surface area contributed by atoms with Crippen molar-refractivity contribution in [1.29, 1.82) is 0 Å². The maximum atomic E-state index is 13.6. The molecule has 74 heavy (non-hydrogen) atoms. The second-order valence-electron chi connectivity index (χ2n) is 16.6. The fraction of sp³-hybridized carbons (Fsp3) is 0.705. The van der Waals surface area contributed by atoms with Crippen LogP contribution in [0.5, 0.6) is 0 Å². The molecule has 0 aromatic rings. The summed E-state index contributed by atoms with van der Waals surface area (Å²) in [6.07, 6.45) is 2.81. The predicted molar refractivity (Wildman–Crippen MR) is 274 cm³/mol. The Morgan fingerprint density at radius 1 is 0.378 bits per heavy atom. The maximum absolute atomic E-state index is 13.6. The van der Waals surface area contributed by atoms with Gasteiger partial charge in [0.2, 0.25) is 103 Å². The molecule has 0 heterocycles. The second kappa shape index (κ2) is 44.1. The Kier molecular flexibility index (Phi) is 41.4. The van der Waals surface area contributed by atoms with Gasteiger partial charge in [-0.3, -0.25) is 62.4 Å². The Morgan fingerprint density at radius 3 is 1.16 bits per heavy atom. The van der Waals surface area contributed by atoms with Crippen molar-refractivity contribution in [2.24, 2.45) is 5.73 Å². The first kappa shape index (κ1) is 69.6. The smallest absolute Gasteiger partial charge is 0.242 e. The summed E-state index contributed by atoms with van der Waals surface area (Å²) in [7, 11) is 20.5. The van der Waals surface area contributed by atoms with Gasteiger partial charge in [-0.25, -0.2) is 0 Å². The molecule has 8 radical (unpaired) electrons. The van der Waals surface area contributed by atoms with Crippen LogP contribution in [0.1, 0.15) is 136 Å². The lowest BCUT2D eigenvalue weighted by Gasteiger charge is -2.23. The van der Waals surface area contributed by atoms with Crippen LogP contribution in [0.2, 0.25) is 0 Å². The highest BCUT2D eigenvalue weighted by Crippen LogP contribution is 2.05. The summed E-state index contributed by atoms with van der Waals surface area (Å²) in [5.74, 6) is -7.42. The van der Waals surface area contributed by atoms with Crippen molar-refractivity contribution >= 4 is 109 Å². The SMILES string of the molecule is CC.[B]NC(=O)CCC(NC(=O)CCCNC(=O)CCC(NC(=O)CN(CC(=O)NCCCCCC(C)=O)CC(=O)NCCCCCC(N)=O)C(=O)NCCCC(=O)NC(CCC(=O)N[B])C(=O)N[B])C(=O)N[B]. The molecule has 0 saturated carbocycles. The number of hydrogen-bond acceptors (Lipinski definition) is 14. The van der Waals surface area contributed by atoms with E-state index in [1.807, 2.05) is 34.8 Å².